The van der Waals surface area contributed by atoms with Gasteiger partial charge in [-0.05, 0) is 18.1 Å². The van der Waals surface area contributed by atoms with Crippen LogP contribution < -0.4 is 0 Å². The van der Waals surface area contributed by atoms with E-state index in [1.54, 1.807) is 6.92 Å². The zero-order valence-electron chi connectivity index (χ0n) is 10.4. The number of benzene rings is 1. The maximum Gasteiger partial charge on any atom is 0.312 e. The summed E-state index contributed by atoms with van der Waals surface area (Å²) in [4.78, 5) is 23.4. The van der Waals surface area contributed by atoms with Crippen molar-refractivity contribution in [2.75, 3.05) is 6.61 Å². The summed E-state index contributed by atoms with van der Waals surface area (Å²) < 4.78 is 10.7. The van der Waals surface area contributed by atoms with Crippen molar-refractivity contribution in [2.45, 2.75) is 19.1 Å². The summed E-state index contributed by atoms with van der Waals surface area (Å²) in [6.45, 7) is 1.94. The molecule has 19 heavy (non-hydrogen) atoms. The third-order valence-electron chi connectivity index (χ3n) is 3.79. The van der Waals surface area contributed by atoms with Gasteiger partial charge in [0.25, 0.3) is 0 Å². The van der Waals surface area contributed by atoms with Crippen molar-refractivity contribution in [2.24, 2.45) is 11.8 Å². The summed E-state index contributed by atoms with van der Waals surface area (Å²) in [6.07, 6.45) is -1.05. The molecule has 2 aliphatic rings. The van der Waals surface area contributed by atoms with E-state index in [2.05, 4.69) is 0 Å². The van der Waals surface area contributed by atoms with Crippen molar-refractivity contribution in [1.82, 2.24) is 0 Å². The van der Waals surface area contributed by atoms with Crippen LogP contribution in [0.25, 0.3) is 0 Å². The highest BCUT2D eigenvalue weighted by Gasteiger charge is 2.58. The summed E-state index contributed by atoms with van der Waals surface area (Å²) in [7, 11) is 0. The molecule has 0 saturated carbocycles. The van der Waals surface area contributed by atoms with Crippen molar-refractivity contribution in [3.8, 4) is 0 Å². The fourth-order valence-electron chi connectivity index (χ4n) is 3.06. The van der Waals surface area contributed by atoms with Crippen LogP contribution in [0.3, 0.4) is 0 Å². The molecule has 1 aromatic carbocycles. The van der Waals surface area contributed by atoms with Gasteiger partial charge in [0.2, 0.25) is 0 Å². The second-order valence-electron chi connectivity index (χ2n) is 4.75. The van der Waals surface area contributed by atoms with Crippen LogP contribution in [-0.4, -0.2) is 23.7 Å². The van der Waals surface area contributed by atoms with Gasteiger partial charge < -0.3 is 14.6 Å². The molecule has 4 atom stereocenters. The minimum atomic E-state index is -1.01. The number of fused-ring (bicyclic) bond motifs is 5. The summed E-state index contributed by atoms with van der Waals surface area (Å²) in [5.74, 6) is -3.12. The molecule has 0 amide bonds. The van der Waals surface area contributed by atoms with Gasteiger partial charge >= 0.3 is 11.9 Å². The van der Waals surface area contributed by atoms with Crippen LogP contribution in [0.4, 0.5) is 0 Å². The van der Waals surface area contributed by atoms with E-state index < -0.39 is 36.0 Å². The van der Waals surface area contributed by atoms with E-state index in [0.29, 0.717) is 0 Å². The summed E-state index contributed by atoms with van der Waals surface area (Å²) in [5, 5.41) is 9.36. The number of esters is 1. The average molecular weight is 262 g/mol. The van der Waals surface area contributed by atoms with Gasteiger partial charge in [-0.1, -0.05) is 24.3 Å². The molecule has 4 unspecified atom stereocenters. The Morgan fingerprint density at radius 3 is 2.32 bits per heavy atom. The highest BCUT2D eigenvalue weighted by atomic mass is 16.5. The molecule has 100 valence electrons. The first-order valence-electron chi connectivity index (χ1n) is 6.29. The molecule has 1 fully saturated rings. The highest BCUT2D eigenvalue weighted by Crippen LogP contribution is 2.57. The largest absolute Gasteiger partial charge is 0.481 e. The number of carboxylic acids is 1. The third kappa shape index (κ3) is 1.65. The molecular formula is C14H14O5. The van der Waals surface area contributed by atoms with Crippen LogP contribution in [0, 0.1) is 11.8 Å². The van der Waals surface area contributed by atoms with Gasteiger partial charge in [0.05, 0.1) is 18.8 Å². The SMILES string of the molecule is CCOC(=O)C1C2OC(c3ccccc32)C1C(=O)O. The van der Waals surface area contributed by atoms with Gasteiger partial charge in [-0.25, -0.2) is 0 Å². The second-order valence-corrected chi connectivity index (χ2v) is 4.75. The van der Waals surface area contributed by atoms with Crippen LogP contribution >= 0.6 is 0 Å². The average Bonchev–Trinajstić information content (AvgIpc) is 2.95. The molecule has 2 heterocycles. The molecule has 2 aliphatic heterocycles. The van der Waals surface area contributed by atoms with Gasteiger partial charge in [0.1, 0.15) is 11.8 Å². The lowest BCUT2D eigenvalue weighted by molar-refractivity contribution is -0.157. The monoisotopic (exact) mass is 262 g/mol. The van der Waals surface area contributed by atoms with Crippen LogP contribution in [0.1, 0.15) is 30.3 Å². The topological polar surface area (TPSA) is 72.8 Å². The van der Waals surface area contributed by atoms with Crippen molar-refractivity contribution in [3.63, 3.8) is 0 Å². The van der Waals surface area contributed by atoms with E-state index in [-0.39, 0.29) is 6.61 Å². The van der Waals surface area contributed by atoms with Gasteiger partial charge in [0, 0.05) is 0 Å². The Morgan fingerprint density at radius 2 is 1.79 bits per heavy atom. The molecule has 1 N–H and O–H groups in total. The Bertz CT molecular complexity index is 538. The van der Waals surface area contributed by atoms with E-state index in [1.165, 1.54) is 0 Å². The number of carbonyl (C=O) groups excluding carboxylic acids is 1. The lowest BCUT2D eigenvalue weighted by Gasteiger charge is -2.25. The molecule has 1 aromatic rings. The summed E-state index contributed by atoms with van der Waals surface area (Å²) in [5.41, 5.74) is 1.78. The Morgan fingerprint density at radius 1 is 1.21 bits per heavy atom. The first kappa shape index (κ1) is 12.2. The standard InChI is InChI=1S/C14H14O5/c1-2-18-14(17)10-9(13(15)16)11-7-5-3-4-6-8(7)12(10)19-11/h3-6,9-12H,2H2,1H3,(H,15,16). The van der Waals surface area contributed by atoms with Crippen LogP contribution in [0.2, 0.25) is 0 Å². The zero-order valence-corrected chi connectivity index (χ0v) is 10.4. The zero-order chi connectivity index (χ0) is 13.6. The molecule has 0 aliphatic carbocycles. The van der Waals surface area contributed by atoms with E-state index in [1.807, 2.05) is 24.3 Å². The number of ether oxygens (including phenoxy) is 2. The molecular weight excluding hydrogens is 248 g/mol. The lowest BCUT2D eigenvalue weighted by Crippen LogP contribution is -2.35. The number of hydrogen-bond donors (Lipinski definition) is 1. The maximum absolute atomic E-state index is 12.0. The number of carbonyl (C=O) groups is 2. The van der Waals surface area contributed by atoms with Crippen LogP contribution in [0.15, 0.2) is 24.3 Å². The number of rotatable bonds is 3. The Labute approximate surface area is 110 Å². The molecule has 0 aromatic heterocycles. The maximum atomic E-state index is 12.0. The molecule has 0 spiro atoms. The molecule has 5 nitrogen and oxygen atoms in total. The van der Waals surface area contributed by atoms with Gasteiger partial charge in [-0.3, -0.25) is 9.59 Å². The van der Waals surface area contributed by atoms with Crippen molar-refractivity contribution in [1.29, 1.82) is 0 Å². The highest BCUT2D eigenvalue weighted by molar-refractivity contribution is 5.84. The predicted octanol–water partition coefficient (Wildman–Crippen LogP) is 1.69. The molecule has 0 radical (unpaired) electrons. The Hall–Kier alpha value is -1.88. The fraction of sp³-hybridized carbons (Fsp3) is 0.429. The van der Waals surface area contributed by atoms with Crippen LogP contribution in [-0.2, 0) is 19.1 Å². The first-order chi connectivity index (χ1) is 9.15. The number of hydrogen-bond acceptors (Lipinski definition) is 4. The van der Waals surface area contributed by atoms with E-state index in [4.69, 9.17) is 9.47 Å². The predicted molar refractivity (Wildman–Crippen MR) is 64.3 cm³/mol. The molecule has 1 saturated heterocycles. The quantitative estimate of drug-likeness (QED) is 0.839. The van der Waals surface area contributed by atoms with Gasteiger partial charge in [0.15, 0.2) is 0 Å². The van der Waals surface area contributed by atoms with E-state index in [9.17, 15) is 14.7 Å². The normalized spacial score (nSPS) is 31.0. The van der Waals surface area contributed by atoms with Gasteiger partial charge in [-0.15, -0.1) is 0 Å². The van der Waals surface area contributed by atoms with E-state index in [0.717, 1.165) is 11.1 Å². The van der Waals surface area contributed by atoms with Crippen molar-refractivity contribution >= 4 is 11.9 Å². The smallest absolute Gasteiger partial charge is 0.312 e. The first-order valence-corrected chi connectivity index (χ1v) is 6.29. The number of aliphatic carboxylic acids is 1. The van der Waals surface area contributed by atoms with Crippen LogP contribution in [0.5, 0.6) is 0 Å². The Kier molecular flexibility index (Phi) is 2.78. The molecule has 3 rings (SSSR count). The summed E-state index contributed by atoms with van der Waals surface area (Å²) >= 11 is 0. The van der Waals surface area contributed by atoms with Gasteiger partial charge in [-0.2, -0.15) is 0 Å². The fourth-order valence-corrected chi connectivity index (χ4v) is 3.06. The minimum absolute atomic E-state index is 0.237. The minimum Gasteiger partial charge on any atom is -0.481 e. The second kappa shape index (κ2) is 4.35. The summed E-state index contributed by atoms with van der Waals surface area (Å²) in [6, 6.07) is 7.45. The molecule has 5 heteroatoms. The third-order valence-corrected chi connectivity index (χ3v) is 3.79. The molecule has 2 bridgehead atoms. The van der Waals surface area contributed by atoms with Crippen molar-refractivity contribution < 1.29 is 24.2 Å². The van der Waals surface area contributed by atoms with Crippen molar-refractivity contribution in [3.05, 3.63) is 35.4 Å². The lowest BCUT2D eigenvalue weighted by atomic mass is 9.76. The van der Waals surface area contributed by atoms with E-state index >= 15 is 0 Å². The number of carboxylic acid groups (broad SMARTS) is 1. The Balaban J connectivity index is 2.02.